The van der Waals surface area contributed by atoms with Crippen molar-refractivity contribution in [2.45, 2.75) is 25.6 Å². The van der Waals surface area contributed by atoms with Gasteiger partial charge in [0.15, 0.2) is 5.79 Å². The van der Waals surface area contributed by atoms with Crippen LogP contribution in [0.25, 0.3) is 23.1 Å². The van der Waals surface area contributed by atoms with E-state index in [-0.39, 0.29) is 11.8 Å². The largest absolute Gasteiger partial charge is 0.347 e. The van der Waals surface area contributed by atoms with E-state index in [1.165, 1.54) is 11.3 Å². The topological polar surface area (TPSA) is 96.6 Å². The zero-order valence-corrected chi connectivity index (χ0v) is 21.8. The van der Waals surface area contributed by atoms with Gasteiger partial charge in [-0.25, -0.2) is 0 Å². The van der Waals surface area contributed by atoms with Crippen molar-refractivity contribution >= 4 is 51.9 Å². The number of piperidine rings is 1. The molecule has 0 aliphatic carbocycles. The Balaban J connectivity index is 1.28. The van der Waals surface area contributed by atoms with E-state index in [0.717, 1.165) is 27.7 Å². The van der Waals surface area contributed by atoms with Crippen LogP contribution in [0.15, 0.2) is 53.9 Å². The van der Waals surface area contributed by atoms with Crippen LogP contribution in [0.1, 0.15) is 49.7 Å². The maximum atomic E-state index is 13.4. The van der Waals surface area contributed by atoms with Crippen LogP contribution in [0.2, 0.25) is 0 Å². The number of nitrogens with one attached hydrogen (secondary N) is 2. The summed E-state index contributed by atoms with van der Waals surface area (Å²) in [5, 5.41) is 13.4. The lowest BCUT2D eigenvalue weighted by atomic mass is 10.0. The van der Waals surface area contributed by atoms with E-state index >= 15 is 0 Å². The Morgan fingerprint density at radius 3 is 2.63 bits per heavy atom. The third kappa shape index (κ3) is 4.76. The number of ether oxygens (including phenoxy) is 2. The molecule has 4 aromatic rings. The number of rotatable bonds is 5. The lowest BCUT2D eigenvalue weighted by Crippen LogP contribution is -2.47. The molecule has 2 aliphatic heterocycles. The van der Waals surface area contributed by atoms with Crippen molar-refractivity contribution in [3.63, 3.8) is 0 Å². The number of benzene rings is 2. The normalized spacial score (nSPS) is 17.0. The molecule has 0 atom stereocenters. The molecule has 0 saturated carbocycles. The average Bonchev–Trinajstić information content (AvgIpc) is 3.68. The number of H-pyrrole nitrogens is 1. The molecule has 0 bridgehead atoms. The molecule has 0 radical (unpaired) electrons. The highest BCUT2D eigenvalue weighted by Crippen LogP contribution is 2.32. The van der Waals surface area contributed by atoms with Crippen molar-refractivity contribution in [1.82, 2.24) is 15.1 Å². The summed E-state index contributed by atoms with van der Waals surface area (Å²) >= 11 is 1.39. The number of carbonyl (C=O) groups is 2. The Morgan fingerprint density at radius 1 is 1.08 bits per heavy atom. The fourth-order valence-electron chi connectivity index (χ4n) is 5.03. The number of carbonyl (C=O) groups excluding carboxylic acids is 2. The summed E-state index contributed by atoms with van der Waals surface area (Å²) in [6.07, 6.45) is 5.12. The van der Waals surface area contributed by atoms with Crippen LogP contribution in [-0.4, -0.2) is 59.0 Å². The average molecular weight is 529 g/mol. The van der Waals surface area contributed by atoms with Gasteiger partial charge in [0.1, 0.15) is 0 Å². The number of aromatic nitrogens is 2. The SMILES string of the molecule is Cc1ccsc1C(=O)Nc1cc(C(=O)N2CCC3(CC2)OCCO3)ccc1C=Cc1n[nH]c2ccccc12. The zero-order chi connectivity index (χ0) is 26.1. The number of hydrogen-bond acceptors (Lipinski definition) is 6. The predicted octanol–water partition coefficient (Wildman–Crippen LogP) is 5.33. The van der Waals surface area contributed by atoms with Gasteiger partial charge in [0.05, 0.1) is 29.3 Å². The first-order chi connectivity index (χ1) is 18.5. The summed E-state index contributed by atoms with van der Waals surface area (Å²) < 4.78 is 11.6. The van der Waals surface area contributed by atoms with E-state index in [1.807, 2.05) is 71.8 Å². The first-order valence-electron chi connectivity index (χ1n) is 12.7. The Bertz CT molecular complexity index is 1520. The van der Waals surface area contributed by atoms with Crippen molar-refractivity contribution in [3.05, 3.63) is 81.2 Å². The quantitative estimate of drug-likeness (QED) is 0.365. The molecule has 2 aliphatic rings. The second kappa shape index (κ2) is 10.2. The summed E-state index contributed by atoms with van der Waals surface area (Å²) in [5.41, 5.74) is 4.53. The van der Waals surface area contributed by atoms with Crippen LogP contribution in [-0.2, 0) is 9.47 Å². The predicted molar refractivity (Wildman–Crippen MR) is 148 cm³/mol. The summed E-state index contributed by atoms with van der Waals surface area (Å²) in [6, 6.07) is 15.3. The lowest BCUT2D eigenvalue weighted by molar-refractivity contribution is -0.181. The third-order valence-electron chi connectivity index (χ3n) is 7.16. The second-order valence-electron chi connectivity index (χ2n) is 9.58. The summed E-state index contributed by atoms with van der Waals surface area (Å²) in [5.74, 6) is -0.813. The number of amides is 2. The molecule has 9 heteroatoms. The number of likely N-dealkylation sites (tertiary alicyclic amines) is 1. The van der Waals surface area contributed by atoms with E-state index in [1.54, 1.807) is 6.07 Å². The molecule has 4 heterocycles. The molecule has 2 fully saturated rings. The summed E-state index contributed by atoms with van der Waals surface area (Å²) in [6.45, 7) is 4.23. The molecule has 6 rings (SSSR count). The fraction of sp³-hybridized carbons (Fsp3) is 0.276. The third-order valence-corrected chi connectivity index (χ3v) is 8.18. The minimum atomic E-state index is -0.542. The molecule has 2 amide bonds. The standard InChI is InChI=1S/C29H28N4O4S/c1-19-10-17-38-26(19)27(34)30-25-18-21(28(35)33-13-11-29(12-14-33)36-15-16-37-29)7-6-20(25)8-9-24-22-4-2-3-5-23(22)31-32-24/h2-10,17-18H,11-16H2,1H3,(H,30,34)(H,31,32). The molecule has 2 aromatic heterocycles. The van der Waals surface area contributed by atoms with Gasteiger partial charge in [0.25, 0.3) is 11.8 Å². The molecule has 2 N–H and O–H groups in total. The van der Waals surface area contributed by atoms with Gasteiger partial charge in [0.2, 0.25) is 0 Å². The molecule has 8 nitrogen and oxygen atoms in total. The van der Waals surface area contributed by atoms with Crippen LogP contribution in [0, 0.1) is 6.92 Å². The molecule has 2 saturated heterocycles. The summed E-state index contributed by atoms with van der Waals surface area (Å²) in [7, 11) is 0. The number of nitrogens with zero attached hydrogens (tertiary/aromatic N) is 2. The lowest BCUT2D eigenvalue weighted by Gasteiger charge is -2.37. The fourth-order valence-corrected chi connectivity index (χ4v) is 5.85. The van der Waals surface area contributed by atoms with Gasteiger partial charge in [-0.05, 0) is 53.8 Å². The van der Waals surface area contributed by atoms with Crippen molar-refractivity contribution < 1.29 is 19.1 Å². The number of para-hydroxylation sites is 1. The number of hydrogen-bond donors (Lipinski definition) is 2. The van der Waals surface area contributed by atoms with Crippen molar-refractivity contribution in [1.29, 1.82) is 0 Å². The van der Waals surface area contributed by atoms with E-state index in [2.05, 4.69) is 15.5 Å². The van der Waals surface area contributed by atoms with Crippen LogP contribution < -0.4 is 5.32 Å². The smallest absolute Gasteiger partial charge is 0.266 e. The molecule has 194 valence electrons. The Morgan fingerprint density at radius 2 is 1.87 bits per heavy atom. The van der Waals surface area contributed by atoms with Gasteiger partial charge < -0.3 is 19.7 Å². The molecule has 1 spiro atoms. The number of anilines is 1. The van der Waals surface area contributed by atoms with E-state index in [9.17, 15) is 9.59 Å². The van der Waals surface area contributed by atoms with Crippen molar-refractivity contribution in [2.24, 2.45) is 0 Å². The second-order valence-corrected chi connectivity index (χ2v) is 10.5. The van der Waals surface area contributed by atoms with Gasteiger partial charge in [-0.1, -0.05) is 30.3 Å². The molecule has 0 unspecified atom stereocenters. The van der Waals surface area contributed by atoms with Crippen molar-refractivity contribution in [2.75, 3.05) is 31.6 Å². The number of aromatic amines is 1. The van der Waals surface area contributed by atoms with Crippen LogP contribution >= 0.6 is 11.3 Å². The van der Waals surface area contributed by atoms with E-state index in [0.29, 0.717) is 55.3 Å². The van der Waals surface area contributed by atoms with Gasteiger partial charge in [-0.3, -0.25) is 14.7 Å². The minimum Gasteiger partial charge on any atom is -0.347 e. The highest BCUT2D eigenvalue weighted by molar-refractivity contribution is 7.12. The van der Waals surface area contributed by atoms with Gasteiger partial charge in [0, 0.05) is 42.6 Å². The maximum Gasteiger partial charge on any atom is 0.266 e. The first-order valence-corrected chi connectivity index (χ1v) is 13.6. The zero-order valence-electron chi connectivity index (χ0n) is 21.0. The molecular formula is C29H28N4O4S. The van der Waals surface area contributed by atoms with Crippen LogP contribution in [0.5, 0.6) is 0 Å². The van der Waals surface area contributed by atoms with Gasteiger partial charge in [-0.15, -0.1) is 11.3 Å². The Labute approximate surface area is 224 Å². The highest BCUT2D eigenvalue weighted by Gasteiger charge is 2.40. The molecule has 38 heavy (non-hydrogen) atoms. The van der Waals surface area contributed by atoms with E-state index in [4.69, 9.17) is 9.47 Å². The van der Waals surface area contributed by atoms with Crippen LogP contribution in [0.3, 0.4) is 0 Å². The summed E-state index contributed by atoms with van der Waals surface area (Å²) in [4.78, 5) is 29.0. The Hall–Kier alpha value is -3.79. The first kappa shape index (κ1) is 24.5. The number of thiophene rings is 1. The molecule has 2 aromatic carbocycles. The molecular weight excluding hydrogens is 500 g/mol. The highest BCUT2D eigenvalue weighted by atomic mass is 32.1. The van der Waals surface area contributed by atoms with Crippen molar-refractivity contribution in [3.8, 4) is 0 Å². The maximum absolute atomic E-state index is 13.4. The van der Waals surface area contributed by atoms with Gasteiger partial charge >= 0.3 is 0 Å². The van der Waals surface area contributed by atoms with Gasteiger partial charge in [-0.2, -0.15) is 5.10 Å². The number of fused-ring (bicyclic) bond motifs is 1. The minimum absolute atomic E-state index is 0.0746. The van der Waals surface area contributed by atoms with Crippen LogP contribution in [0.4, 0.5) is 5.69 Å². The Kier molecular flexibility index (Phi) is 6.57. The monoisotopic (exact) mass is 528 g/mol. The van der Waals surface area contributed by atoms with E-state index < -0.39 is 5.79 Å². The number of aryl methyl sites for hydroxylation is 1.